The topological polar surface area (TPSA) is 54.9 Å². The number of nitrogens with one attached hydrogen (secondary N) is 2. The molecule has 1 saturated carbocycles. The van der Waals surface area contributed by atoms with Crippen molar-refractivity contribution in [2.24, 2.45) is 10.4 Å². The smallest absolute Gasteiger partial charge is 0.191 e. The standard InChI is InChI=1S/C18H35N3O2/c1-3-19-17(20-12-8-16-7-6-13-23-16)21-15-18(11-14-22-2)9-4-5-10-18/h16H,3-15H2,1-2H3,(H2,19,20,21). The third kappa shape index (κ3) is 6.30. The van der Waals surface area contributed by atoms with Crippen LogP contribution in [0.15, 0.2) is 4.99 Å². The van der Waals surface area contributed by atoms with E-state index in [1.807, 2.05) is 0 Å². The highest BCUT2D eigenvalue weighted by atomic mass is 16.5. The molecular weight excluding hydrogens is 290 g/mol. The van der Waals surface area contributed by atoms with Gasteiger partial charge >= 0.3 is 0 Å². The molecule has 1 aliphatic heterocycles. The summed E-state index contributed by atoms with van der Waals surface area (Å²) in [5.41, 5.74) is 0.354. The Bertz CT molecular complexity index is 348. The molecule has 5 nitrogen and oxygen atoms in total. The van der Waals surface area contributed by atoms with E-state index in [2.05, 4.69) is 17.6 Å². The minimum atomic E-state index is 0.354. The molecule has 0 spiro atoms. The quantitative estimate of drug-likeness (QED) is 0.505. The molecule has 134 valence electrons. The molecule has 0 aromatic carbocycles. The Balaban J connectivity index is 1.80. The Morgan fingerprint density at radius 3 is 2.74 bits per heavy atom. The zero-order valence-corrected chi connectivity index (χ0v) is 15.0. The molecule has 2 N–H and O–H groups in total. The third-order valence-electron chi connectivity index (χ3n) is 5.20. The number of hydrogen-bond donors (Lipinski definition) is 2. The van der Waals surface area contributed by atoms with Crippen molar-refractivity contribution in [2.45, 2.75) is 64.4 Å². The van der Waals surface area contributed by atoms with Crippen molar-refractivity contribution in [3.8, 4) is 0 Å². The Morgan fingerprint density at radius 2 is 2.09 bits per heavy atom. The lowest BCUT2D eigenvalue weighted by atomic mass is 9.83. The molecule has 2 rings (SSSR count). The van der Waals surface area contributed by atoms with Crippen LogP contribution in [-0.4, -0.2) is 52.0 Å². The van der Waals surface area contributed by atoms with E-state index >= 15 is 0 Å². The van der Waals surface area contributed by atoms with Crippen LogP contribution in [0.1, 0.15) is 58.3 Å². The Kier molecular flexibility index (Phi) is 8.17. The summed E-state index contributed by atoms with van der Waals surface area (Å²) in [6.45, 7) is 6.64. The van der Waals surface area contributed by atoms with Crippen molar-refractivity contribution in [3.63, 3.8) is 0 Å². The first kappa shape index (κ1) is 18.5. The first-order valence-corrected chi connectivity index (χ1v) is 9.41. The van der Waals surface area contributed by atoms with E-state index in [-0.39, 0.29) is 0 Å². The Morgan fingerprint density at radius 1 is 1.26 bits per heavy atom. The van der Waals surface area contributed by atoms with Gasteiger partial charge in [0, 0.05) is 40.0 Å². The molecule has 2 aliphatic rings. The zero-order chi connectivity index (χ0) is 16.4. The second kappa shape index (κ2) is 10.1. The lowest BCUT2D eigenvalue weighted by Crippen LogP contribution is -2.39. The summed E-state index contributed by atoms with van der Waals surface area (Å²) >= 11 is 0. The van der Waals surface area contributed by atoms with Crippen molar-refractivity contribution in [3.05, 3.63) is 0 Å². The number of methoxy groups -OCH3 is 1. The van der Waals surface area contributed by atoms with Gasteiger partial charge in [0.15, 0.2) is 5.96 Å². The van der Waals surface area contributed by atoms with Gasteiger partial charge in [0.05, 0.1) is 6.10 Å². The summed E-state index contributed by atoms with van der Waals surface area (Å²) in [4.78, 5) is 4.88. The largest absolute Gasteiger partial charge is 0.385 e. The number of aliphatic imine (C=N–C) groups is 1. The van der Waals surface area contributed by atoms with Gasteiger partial charge in [-0.25, -0.2) is 0 Å². The summed E-state index contributed by atoms with van der Waals surface area (Å²) in [6.07, 6.45) is 10.3. The maximum atomic E-state index is 5.68. The molecule has 23 heavy (non-hydrogen) atoms. The van der Waals surface area contributed by atoms with Crippen LogP contribution in [0.25, 0.3) is 0 Å². The SMILES string of the molecule is CCNC(=NCC1(CCOC)CCCC1)NCCC1CCCO1. The van der Waals surface area contributed by atoms with Crippen LogP contribution in [0.3, 0.4) is 0 Å². The van der Waals surface area contributed by atoms with E-state index in [0.717, 1.165) is 51.6 Å². The van der Waals surface area contributed by atoms with E-state index in [1.165, 1.54) is 38.5 Å². The molecule has 1 saturated heterocycles. The summed E-state index contributed by atoms with van der Waals surface area (Å²) < 4.78 is 11.0. The van der Waals surface area contributed by atoms with E-state index < -0.39 is 0 Å². The summed E-state index contributed by atoms with van der Waals surface area (Å²) in [7, 11) is 1.79. The molecule has 1 unspecified atom stereocenters. The van der Waals surface area contributed by atoms with Gasteiger partial charge in [0.2, 0.25) is 0 Å². The highest BCUT2D eigenvalue weighted by molar-refractivity contribution is 5.79. The highest BCUT2D eigenvalue weighted by Crippen LogP contribution is 2.41. The fraction of sp³-hybridized carbons (Fsp3) is 0.944. The lowest BCUT2D eigenvalue weighted by molar-refractivity contribution is 0.105. The van der Waals surface area contributed by atoms with Crippen LogP contribution in [0.2, 0.25) is 0 Å². The molecule has 0 aromatic heterocycles. The van der Waals surface area contributed by atoms with Crippen LogP contribution < -0.4 is 10.6 Å². The average Bonchev–Trinajstić information content (AvgIpc) is 3.23. The van der Waals surface area contributed by atoms with Crippen LogP contribution >= 0.6 is 0 Å². The summed E-state index contributed by atoms with van der Waals surface area (Å²) in [5.74, 6) is 0.953. The predicted molar refractivity (Wildman–Crippen MR) is 95.0 cm³/mol. The average molecular weight is 325 g/mol. The monoisotopic (exact) mass is 325 g/mol. The van der Waals surface area contributed by atoms with Crippen LogP contribution in [-0.2, 0) is 9.47 Å². The van der Waals surface area contributed by atoms with Gasteiger partial charge < -0.3 is 20.1 Å². The van der Waals surface area contributed by atoms with E-state index in [1.54, 1.807) is 7.11 Å². The van der Waals surface area contributed by atoms with E-state index in [0.29, 0.717) is 11.5 Å². The zero-order valence-electron chi connectivity index (χ0n) is 15.0. The van der Waals surface area contributed by atoms with E-state index in [4.69, 9.17) is 14.5 Å². The van der Waals surface area contributed by atoms with Crippen LogP contribution in [0.4, 0.5) is 0 Å². The van der Waals surface area contributed by atoms with Crippen molar-refractivity contribution in [1.29, 1.82) is 0 Å². The van der Waals surface area contributed by atoms with Gasteiger partial charge in [0.1, 0.15) is 0 Å². The predicted octanol–water partition coefficient (Wildman–Crippen LogP) is 2.71. The molecule has 0 amide bonds. The molecule has 5 heteroatoms. The van der Waals surface area contributed by atoms with Gasteiger partial charge in [-0.1, -0.05) is 12.8 Å². The van der Waals surface area contributed by atoms with Crippen LogP contribution in [0.5, 0.6) is 0 Å². The second-order valence-corrected chi connectivity index (χ2v) is 7.00. The van der Waals surface area contributed by atoms with Crippen molar-refractivity contribution in [1.82, 2.24) is 10.6 Å². The fourth-order valence-corrected chi connectivity index (χ4v) is 3.74. The molecule has 1 heterocycles. The maximum Gasteiger partial charge on any atom is 0.191 e. The molecule has 1 aliphatic carbocycles. The van der Waals surface area contributed by atoms with Crippen molar-refractivity contribution >= 4 is 5.96 Å². The Hall–Kier alpha value is -0.810. The molecule has 0 aromatic rings. The normalized spacial score (nSPS) is 24.1. The van der Waals surface area contributed by atoms with Gasteiger partial charge in [-0.15, -0.1) is 0 Å². The number of ether oxygens (including phenoxy) is 2. The van der Waals surface area contributed by atoms with Gasteiger partial charge in [0.25, 0.3) is 0 Å². The van der Waals surface area contributed by atoms with Gasteiger partial charge in [-0.05, 0) is 50.9 Å². The fourth-order valence-electron chi connectivity index (χ4n) is 3.74. The summed E-state index contributed by atoms with van der Waals surface area (Å²) in [6, 6.07) is 0. The summed E-state index contributed by atoms with van der Waals surface area (Å²) in [5, 5.41) is 6.84. The number of rotatable bonds is 9. The molecule has 2 fully saturated rings. The molecule has 1 atom stereocenters. The first-order valence-electron chi connectivity index (χ1n) is 9.41. The van der Waals surface area contributed by atoms with Crippen LogP contribution in [0, 0.1) is 5.41 Å². The first-order chi connectivity index (χ1) is 11.3. The number of nitrogens with zero attached hydrogens (tertiary/aromatic N) is 1. The van der Waals surface area contributed by atoms with Gasteiger partial charge in [-0.2, -0.15) is 0 Å². The van der Waals surface area contributed by atoms with Gasteiger partial charge in [-0.3, -0.25) is 4.99 Å². The third-order valence-corrected chi connectivity index (χ3v) is 5.20. The second-order valence-electron chi connectivity index (χ2n) is 7.00. The molecular formula is C18H35N3O2. The minimum absolute atomic E-state index is 0.354. The van der Waals surface area contributed by atoms with Crippen molar-refractivity contribution < 1.29 is 9.47 Å². The molecule has 0 radical (unpaired) electrons. The van der Waals surface area contributed by atoms with Crippen molar-refractivity contribution in [2.75, 3.05) is 40.0 Å². The maximum absolute atomic E-state index is 5.68. The number of hydrogen-bond acceptors (Lipinski definition) is 3. The van der Waals surface area contributed by atoms with E-state index in [9.17, 15) is 0 Å². The molecule has 0 bridgehead atoms. The highest BCUT2D eigenvalue weighted by Gasteiger charge is 2.33. The number of guanidine groups is 1. The minimum Gasteiger partial charge on any atom is -0.385 e. The Labute approximate surface area is 141 Å². The lowest BCUT2D eigenvalue weighted by Gasteiger charge is -2.27.